The highest BCUT2D eigenvalue weighted by molar-refractivity contribution is 7.22. The topological polar surface area (TPSA) is 68.7 Å². The molecule has 2 aromatic carbocycles. The smallest absolute Gasteiger partial charge is 0.240 e. The van der Waals surface area contributed by atoms with E-state index in [0.29, 0.717) is 25.9 Å². The zero-order valence-corrected chi connectivity index (χ0v) is 18.5. The van der Waals surface area contributed by atoms with E-state index in [2.05, 4.69) is 15.2 Å². The first-order valence-corrected chi connectivity index (χ1v) is 11.3. The Labute approximate surface area is 185 Å². The number of nitrogens with zero attached hydrogens (tertiary/aromatic N) is 3. The molecule has 1 aliphatic rings. The van der Waals surface area contributed by atoms with Crippen LogP contribution in [-0.4, -0.2) is 48.8 Å². The minimum absolute atomic E-state index is 0.154. The number of aliphatic hydroxyl groups excluding tert-OH is 1. The van der Waals surface area contributed by atoms with Crippen molar-refractivity contribution in [1.82, 2.24) is 10.3 Å². The van der Waals surface area contributed by atoms with Crippen molar-refractivity contribution in [1.29, 1.82) is 0 Å². The van der Waals surface area contributed by atoms with Crippen LogP contribution in [0.25, 0.3) is 10.2 Å². The standard InChI is InChI=1S/C23H27FN4O2S/c1-15(18-13-16(24)7-8-20(18)28-11-9-17(29)10-12-28)25-22(30)14-27(2)23-26-19-5-3-4-6-21(19)31-23/h3-8,13,15,17,29H,9-12,14H2,1-2H3,(H,25,30). The van der Waals surface area contributed by atoms with Crippen molar-refractivity contribution < 1.29 is 14.3 Å². The van der Waals surface area contributed by atoms with Crippen LogP contribution in [0.2, 0.25) is 0 Å². The molecule has 164 valence electrons. The summed E-state index contributed by atoms with van der Waals surface area (Å²) in [6.45, 7) is 3.44. The van der Waals surface area contributed by atoms with Crippen LogP contribution < -0.4 is 15.1 Å². The van der Waals surface area contributed by atoms with Gasteiger partial charge in [-0.05, 0) is 50.1 Å². The summed E-state index contributed by atoms with van der Waals surface area (Å²) in [5.74, 6) is -0.484. The average Bonchev–Trinajstić information content (AvgIpc) is 3.19. The first-order valence-electron chi connectivity index (χ1n) is 10.5. The molecule has 0 aliphatic carbocycles. The second-order valence-corrected chi connectivity index (χ2v) is 9.04. The van der Waals surface area contributed by atoms with Gasteiger partial charge < -0.3 is 20.2 Å². The van der Waals surface area contributed by atoms with Gasteiger partial charge in [-0.25, -0.2) is 9.37 Å². The van der Waals surface area contributed by atoms with Crippen molar-refractivity contribution in [2.75, 3.05) is 36.5 Å². The van der Waals surface area contributed by atoms with Gasteiger partial charge in [-0.2, -0.15) is 0 Å². The first-order chi connectivity index (χ1) is 14.9. The minimum Gasteiger partial charge on any atom is -0.393 e. The lowest BCUT2D eigenvalue weighted by Crippen LogP contribution is -2.39. The van der Waals surface area contributed by atoms with E-state index < -0.39 is 0 Å². The summed E-state index contributed by atoms with van der Waals surface area (Å²) in [5, 5.41) is 13.6. The van der Waals surface area contributed by atoms with Gasteiger partial charge in [-0.15, -0.1) is 0 Å². The summed E-state index contributed by atoms with van der Waals surface area (Å²) in [4.78, 5) is 21.3. The van der Waals surface area contributed by atoms with Crippen LogP contribution in [0, 0.1) is 5.82 Å². The number of hydrogen-bond donors (Lipinski definition) is 2. The van der Waals surface area contributed by atoms with Crippen LogP contribution in [0.3, 0.4) is 0 Å². The second kappa shape index (κ2) is 9.20. The molecule has 6 nitrogen and oxygen atoms in total. The Morgan fingerprint density at radius 3 is 2.81 bits per heavy atom. The van der Waals surface area contributed by atoms with Crippen LogP contribution in [0.5, 0.6) is 0 Å². The normalized spacial score (nSPS) is 15.8. The number of piperidine rings is 1. The molecule has 0 saturated carbocycles. The van der Waals surface area contributed by atoms with Gasteiger partial charge in [0.2, 0.25) is 5.91 Å². The highest BCUT2D eigenvalue weighted by Crippen LogP contribution is 2.30. The number of para-hydroxylation sites is 1. The molecule has 1 atom stereocenters. The molecule has 0 bridgehead atoms. The largest absolute Gasteiger partial charge is 0.393 e. The maximum absolute atomic E-state index is 14.0. The molecule has 0 radical (unpaired) electrons. The summed E-state index contributed by atoms with van der Waals surface area (Å²) in [7, 11) is 1.84. The lowest BCUT2D eigenvalue weighted by Gasteiger charge is -2.34. The second-order valence-electron chi connectivity index (χ2n) is 8.03. The molecule has 0 spiro atoms. The summed E-state index contributed by atoms with van der Waals surface area (Å²) < 4.78 is 15.1. The molecular formula is C23H27FN4O2S. The zero-order valence-electron chi connectivity index (χ0n) is 17.7. The lowest BCUT2D eigenvalue weighted by atomic mass is 10.0. The van der Waals surface area contributed by atoms with Crippen LogP contribution in [0.4, 0.5) is 15.2 Å². The molecular weight excluding hydrogens is 415 g/mol. The first kappa shape index (κ1) is 21.5. The number of carbonyl (C=O) groups is 1. The summed E-state index contributed by atoms with van der Waals surface area (Å²) in [6.07, 6.45) is 1.09. The van der Waals surface area contributed by atoms with Crippen molar-refractivity contribution in [3.8, 4) is 0 Å². The SMILES string of the molecule is CC(NC(=O)CN(C)c1nc2ccccc2s1)c1cc(F)ccc1N1CCC(O)CC1. The molecule has 4 rings (SSSR count). The molecule has 1 fully saturated rings. The highest BCUT2D eigenvalue weighted by atomic mass is 32.1. The summed E-state index contributed by atoms with van der Waals surface area (Å²) in [6, 6.07) is 12.2. The number of nitrogens with one attached hydrogen (secondary N) is 1. The number of carbonyl (C=O) groups excluding carboxylic acids is 1. The Balaban J connectivity index is 1.44. The monoisotopic (exact) mass is 442 g/mol. The maximum Gasteiger partial charge on any atom is 0.240 e. The number of rotatable bonds is 6. The molecule has 1 unspecified atom stereocenters. The minimum atomic E-state index is -0.353. The third kappa shape index (κ3) is 4.97. The van der Waals surface area contributed by atoms with Crippen molar-refractivity contribution in [2.45, 2.75) is 31.9 Å². The molecule has 1 amide bonds. The van der Waals surface area contributed by atoms with E-state index in [1.54, 1.807) is 17.4 Å². The fourth-order valence-corrected chi connectivity index (χ4v) is 4.86. The van der Waals surface area contributed by atoms with E-state index in [-0.39, 0.29) is 30.4 Å². The van der Waals surface area contributed by atoms with Gasteiger partial charge in [0.15, 0.2) is 5.13 Å². The van der Waals surface area contributed by atoms with Gasteiger partial charge in [0, 0.05) is 31.4 Å². The molecule has 2 heterocycles. The van der Waals surface area contributed by atoms with Crippen molar-refractivity contribution >= 4 is 38.3 Å². The van der Waals surface area contributed by atoms with Gasteiger partial charge >= 0.3 is 0 Å². The molecule has 1 saturated heterocycles. The molecule has 1 aliphatic heterocycles. The quantitative estimate of drug-likeness (QED) is 0.609. The van der Waals surface area contributed by atoms with Gasteiger partial charge in [-0.3, -0.25) is 4.79 Å². The number of hydrogen-bond acceptors (Lipinski definition) is 6. The van der Waals surface area contributed by atoms with Gasteiger partial charge in [0.05, 0.1) is 28.9 Å². The third-order valence-corrected chi connectivity index (χ3v) is 6.78. The Bertz CT molecular complexity index is 1030. The van der Waals surface area contributed by atoms with E-state index in [4.69, 9.17) is 0 Å². The van der Waals surface area contributed by atoms with Crippen LogP contribution >= 0.6 is 11.3 Å². The van der Waals surface area contributed by atoms with Crippen LogP contribution in [0.15, 0.2) is 42.5 Å². The number of amides is 1. The fourth-order valence-electron chi connectivity index (χ4n) is 3.94. The van der Waals surface area contributed by atoms with Crippen molar-refractivity contribution in [2.24, 2.45) is 0 Å². The maximum atomic E-state index is 14.0. The summed E-state index contributed by atoms with van der Waals surface area (Å²) >= 11 is 1.54. The lowest BCUT2D eigenvalue weighted by molar-refractivity contribution is -0.120. The van der Waals surface area contributed by atoms with Gasteiger partial charge in [-0.1, -0.05) is 23.5 Å². The number of anilines is 2. The number of aliphatic hydroxyl groups is 1. The number of benzene rings is 2. The predicted molar refractivity (Wildman–Crippen MR) is 123 cm³/mol. The van der Waals surface area contributed by atoms with E-state index in [1.165, 1.54) is 12.1 Å². The summed E-state index contributed by atoms with van der Waals surface area (Å²) in [5.41, 5.74) is 2.56. The number of thiazole rings is 1. The number of fused-ring (bicyclic) bond motifs is 1. The third-order valence-electron chi connectivity index (χ3n) is 5.63. The zero-order chi connectivity index (χ0) is 22.0. The van der Waals surface area contributed by atoms with Gasteiger partial charge in [0.25, 0.3) is 0 Å². The van der Waals surface area contributed by atoms with Crippen LogP contribution in [0.1, 0.15) is 31.4 Å². The Hall–Kier alpha value is -2.71. The molecule has 3 aromatic rings. The number of likely N-dealkylation sites (N-methyl/N-ethyl adjacent to an activating group) is 1. The Morgan fingerprint density at radius 1 is 1.32 bits per heavy atom. The van der Waals surface area contributed by atoms with E-state index >= 15 is 0 Å². The highest BCUT2D eigenvalue weighted by Gasteiger charge is 2.23. The number of aromatic nitrogens is 1. The van der Waals surface area contributed by atoms with Crippen molar-refractivity contribution in [3.63, 3.8) is 0 Å². The Morgan fingerprint density at radius 2 is 2.06 bits per heavy atom. The van der Waals surface area contributed by atoms with E-state index in [9.17, 15) is 14.3 Å². The molecule has 1 aromatic heterocycles. The molecule has 8 heteroatoms. The van der Waals surface area contributed by atoms with E-state index in [0.717, 1.165) is 26.6 Å². The fraction of sp³-hybridized carbons (Fsp3) is 0.391. The van der Waals surface area contributed by atoms with E-state index in [1.807, 2.05) is 43.1 Å². The van der Waals surface area contributed by atoms with Crippen molar-refractivity contribution in [3.05, 3.63) is 53.8 Å². The molecule has 2 N–H and O–H groups in total. The predicted octanol–water partition coefficient (Wildman–Crippen LogP) is 3.71. The average molecular weight is 443 g/mol. The number of halogens is 1. The van der Waals surface area contributed by atoms with Crippen LogP contribution in [-0.2, 0) is 4.79 Å². The molecule has 31 heavy (non-hydrogen) atoms. The Kier molecular flexibility index (Phi) is 6.38. The van der Waals surface area contributed by atoms with Gasteiger partial charge in [0.1, 0.15) is 5.82 Å².